The van der Waals surface area contributed by atoms with Gasteiger partial charge in [0, 0.05) is 30.1 Å². The number of nitrogens with zero attached hydrogens (tertiary/aromatic N) is 3. The number of carbonyl (C=O) groups excluding carboxylic acids is 2. The average molecular weight is 374 g/mol. The van der Waals surface area contributed by atoms with Gasteiger partial charge >= 0.3 is 0 Å². The highest BCUT2D eigenvalue weighted by Gasteiger charge is 2.28. The molecule has 4 rings (SSSR count). The molecule has 6 nitrogen and oxygen atoms in total. The van der Waals surface area contributed by atoms with Gasteiger partial charge in [0.05, 0.1) is 22.9 Å². The molecule has 0 spiro atoms. The quantitative estimate of drug-likeness (QED) is 0.760. The molecule has 2 N–H and O–H groups in total. The summed E-state index contributed by atoms with van der Waals surface area (Å²) in [6, 6.07) is 15.0. The molecule has 6 heteroatoms. The van der Waals surface area contributed by atoms with Crippen LogP contribution in [0.2, 0.25) is 0 Å². The number of para-hydroxylation sites is 2. The fourth-order valence-corrected chi connectivity index (χ4v) is 3.76. The van der Waals surface area contributed by atoms with E-state index in [0.717, 1.165) is 41.6 Å². The Balaban J connectivity index is 1.56. The van der Waals surface area contributed by atoms with Crippen LogP contribution in [0, 0.1) is 0 Å². The number of likely N-dealkylation sites (tertiary alicyclic amines) is 1. The summed E-state index contributed by atoms with van der Waals surface area (Å²) in [4.78, 5) is 35.2. The molecule has 142 valence electrons. The first-order valence-corrected chi connectivity index (χ1v) is 9.53. The first-order chi connectivity index (χ1) is 13.6. The zero-order valence-electron chi connectivity index (χ0n) is 15.5. The standard InChI is InChI=1S/C22H22N4O2/c23-21(27)13-17-5-3-4-12-26(17)22(28)16-10-8-15(9-11-16)20-14-24-18-6-1-2-7-19(18)25-20/h1-2,6-11,14,17H,3-5,12-13H2,(H2,23,27). The molecule has 2 amide bonds. The van der Waals surface area contributed by atoms with Crippen molar-refractivity contribution in [2.45, 2.75) is 31.7 Å². The Bertz CT molecular complexity index is 1020. The van der Waals surface area contributed by atoms with E-state index >= 15 is 0 Å². The number of hydrogen-bond donors (Lipinski definition) is 1. The summed E-state index contributed by atoms with van der Waals surface area (Å²) in [7, 11) is 0. The Labute approximate surface area is 163 Å². The van der Waals surface area contributed by atoms with E-state index in [2.05, 4.69) is 9.97 Å². The Morgan fingerprint density at radius 3 is 2.54 bits per heavy atom. The number of fused-ring (bicyclic) bond motifs is 1. The minimum Gasteiger partial charge on any atom is -0.370 e. The number of primary amides is 1. The predicted molar refractivity (Wildman–Crippen MR) is 107 cm³/mol. The molecule has 0 aliphatic carbocycles. The van der Waals surface area contributed by atoms with E-state index in [-0.39, 0.29) is 24.3 Å². The molecule has 2 aromatic carbocycles. The predicted octanol–water partition coefficient (Wildman–Crippen LogP) is 3.17. The van der Waals surface area contributed by atoms with Crippen molar-refractivity contribution in [2.75, 3.05) is 6.54 Å². The third-order valence-electron chi connectivity index (χ3n) is 5.20. The summed E-state index contributed by atoms with van der Waals surface area (Å²) in [5.41, 5.74) is 9.32. The molecule has 0 radical (unpaired) electrons. The number of rotatable bonds is 4. The number of carbonyl (C=O) groups is 2. The van der Waals surface area contributed by atoms with E-state index in [1.165, 1.54) is 0 Å². The largest absolute Gasteiger partial charge is 0.370 e. The first-order valence-electron chi connectivity index (χ1n) is 9.53. The lowest BCUT2D eigenvalue weighted by Crippen LogP contribution is -2.45. The van der Waals surface area contributed by atoms with Crippen LogP contribution in [0.5, 0.6) is 0 Å². The van der Waals surface area contributed by atoms with E-state index in [9.17, 15) is 9.59 Å². The normalized spacial score (nSPS) is 16.9. The fraction of sp³-hybridized carbons (Fsp3) is 0.273. The monoisotopic (exact) mass is 374 g/mol. The topological polar surface area (TPSA) is 89.2 Å². The molecule has 3 aromatic rings. The number of amides is 2. The summed E-state index contributed by atoms with van der Waals surface area (Å²) in [5.74, 6) is -0.419. The van der Waals surface area contributed by atoms with Crippen molar-refractivity contribution in [1.29, 1.82) is 0 Å². The van der Waals surface area contributed by atoms with E-state index in [0.29, 0.717) is 12.1 Å². The summed E-state index contributed by atoms with van der Waals surface area (Å²) in [6.45, 7) is 0.661. The number of benzene rings is 2. The zero-order valence-corrected chi connectivity index (χ0v) is 15.5. The summed E-state index contributed by atoms with van der Waals surface area (Å²) < 4.78 is 0. The molecule has 0 bridgehead atoms. The molecule has 2 heterocycles. The Morgan fingerprint density at radius 2 is 1.79 bits per heavy atom. The van der Waals surface area contributed by atoms with Crippen LogP contribution in [0.3, 0.4) is 0 Å². The van der Waals surface area contributed by atoms with E-state index in [1.807, 2.05) is 48.5 Å². The minimum absolute atomic E-state index is 0.0536. The molecule has 1 unspecified atom stereocenters. The van der Waals surface area contributed by atoms with Gasteiger partial charge in [-0.25, -0.2) is 4.98 Å². The molecule has 1 fully saturated rings. The van der Waals surface area contributed by atoms with Crippen LogP contribution in [-0.2, 0) is 4.79 Å². The number of nitrogens with two attached hydrogens (primary N) is 1. The van der Waals surface area contributed by atoms with Gasteiger partial charge < -0.3 is 10.6 Å². The molecule has 1 aliphatic heterocycles. The Hall–Kier alpha value is -3.28. The summed E-state index contributed by atoms with van der Waals surface area (Å²) >= 11 is 0. The van der Waals surface area contributed by atoms with Crippen LogP contribution in [0.15, 0.2) is 54.7 Å². The lowest BCUT2D eigenvalue weighted by Gasteiger charge is -2.35. The van der Waals surface area contributed by atoms with E-state index in [4.69, 9.17) is 5.73 Å². The van der Waals surface area contributed by atoms with Crippen molar-refractivity contribution in [3.8, 4) is 11.3 Å². The number of hydrogen-bond acceptors (Lipinski definition) is 4. The lowest BCUT2D eigenvalue weighted by atomic mass is 9.97. The van der Waals surface area contributed by atoms with Gasteiger partial charge in [0.25, 0.3) is 5.91 Å². The maximum atomic E-state index is 13.0. The highest BCUT2D eigenvalue weighted by molar-refractivity contribution is 5.95. The fourth-order valence-electron chi connectivity index (χ4n) is 3.76. The smallest absolute Gasteiger partial charge is 0.254 e. The van der Waals surface area contributed by atoms with Gasteiger partial charge in [0.1, 0.15) is 0 Å². The van der Waals surface area contributed by atoms with Crippen molar-refractivity contribution in [3.63, 3.8) is 0 Å². The maximum Gasteiger partial charge on any atom is 0.254 e. The second-order valence-corrected chi connectivity index (χ2v) is 7.14. The van der Waals surface area contributed by atoms with Crippen LogP contribution >= 0.6 is 0 Å². The Morgan fingerprint density at radius 1 is 1.04 bits per heavy atom. The highest BCUT2D eigenvalue weighted by atomic mass is 16.2. The molecule has 1 aliphatic rings. The molecular weight excluding hydrogens is 352 g/mol. The van der Waals surface area contributed by atoms with E-state index in [1.54, 1.807) is 11.1 Å². The Kier molecular flexibility index (Phi) is 5.02. The van der Waals surface area contributed by atoms with Crippen molar-refractivity contribution < 1.29 is 9.59 Å². The molecule has 28 heavy (non-hydrogen) atoms. The van der Waals surface area contributed by atoms with Gasteiger partial charge in [-0.1, -0.05) is 24.3 Å². The third kappa shape index (κ3) is 3.71. The van der Waals surface area contributed by atoms with Crippen LogP contribution in [0.1, 0.15) is 36.0 Å². The van der Waals surface area contributed by atoms with Gasteiger partial charge in [0.2, 0.25) is 5.91 Å². The third-order valence-corrected chi connectivity index (χ3v) is 5.20. The van der Waals surface area contributed by atoms with Crippen LogP contribution in [-0.4, -0.2) is 39.3 Å². The minimum atomic E-state index is -0.366. The highest BCUT2D eigenvalue weighted by Crippen LogP contribution is 2.24. The average Bonchev–Trinajstić information content (AvgIpc) is 2.73. The van der Waals surface area contributed by atoms with Gasteiger partial charge in [-0.3, -0.25) is 14.6 Å². The second-order valence-electron chi connectivity index (χ2n) is 7.14. The summed E-state index contributed by atoms with van der Waals surface area (Å²) in [6.07, 6.45) is 4.75. The van der Waals surface area contributed by atoms with Crippen molar-refractivity contribution in [2.24, 2.45) is 5.73 Å². The van der Waals surface area contributed by atoms with Crippen LogP contribution in [0.25, 0.3) is 22.3 Å². The van der Waals surface area contributed by atoms with Gasteiger partial charge in [-0.05, 0) is 43.5 Å². The number of piperidine rings is 1. The molecule has 1 aromatic heterocycles. The first kappa shape index (κ1) is 18.1. The van der Waals surface area contributed by atoms with Gasteiger partial charge in [-0.15, -0.1) is 0 Å². The SMILES string of the molecule is NC(=O)CC1CCCCN1C(=O)c1ccc(-c2cnc3ccccc3n2)cc1. The molecule has 0 saturated carbocycles. The maximum absolute atomic E-state index is 13.0. The molecule has 1 atom stereocenters. The molecular formula is C22H22N4O2. The van der Waals surface area contributed by atoms with Crippen molar-refractivity contribution >= 4 is 22.8 Å². The zero-order chi connectivity index (χ0) is 19.5. The number of aromatic nitrogens is 2. The van der Waals surface area contributed by atoms with Gasteiger partial charge in [-0.2, -0.15) is 0 Å². The van der Waals surface area contributed by atoms with Crippen LogP contribution in [0.4, 0.5) is 0 Å². The van der Waals surface area contributed by atoms with Crippen molar-refractivity contribution in [1.82, 2.24) is 14.9 Å². The van der Waals surface area contributed by atoms with Crippen LogP contribution < -0.4 is 5.73 Å². The lowest BCUT2D eigenvalue weighted by molar-refractivity contribution is -0.119. The van der Waals surface area contributed by atoms with Crippen molar-refractivity contribution in [3.05, 3.63) is 60.3 Å². The second kappa shape index (κ2) is 7.76. The summed E-state index contributed by atoms with van der Waals surface area (Å²) in [5, 5.41) is 0. The van der Waals surface area contributed by atoms with Gasteiger partial charge in [0.15, 0.2) is 0 Å². The van der Waals surface area contributed by atoms with E-state index < -0.39 is 0 Å². The molecule has 1 saturated heterocycles.